The van der Waals surface area contributed by atoms with E-state index in [0.29, 0.717) is 48.5 Å². The van der Waals surface area contributed by atoms with Crippen LogP contribution in [0.4, 0.5) is 0 Å². The molecule has 9 nitrogen and oxygen atoms in total. The number of amides is 1. The van der Waals surface area contributed by atoms with E-state index in [-0.39, 0.29) is 23.2 Å². The number of guanidine groups is 1. The van der Waals surface area contributed by atoms with Crippen LogP contribution in [0.1, 0.15) is 39.0 Å². The van der Waals surface area contributed by atoms with Gasteiger partial charge in [0.1, 0.15) is 11.8 Å². The van der Waals surface area contributed by atoms with E-state index in [1.807, 2.05) is 12.1 Å². The van der Waals surface area contributed by atoms with Crippen LogP contribution < -0.4 is 20.9 Å². The van der Waals surface area contributed by atoms with E-state index in [4.69, 9.17) is 16.2 Å². The van der Waals surface area contributed by atoms with Crippen molar-refractivity contribution in [1.82, 2.24) is 9.62 Å². The van der Waals surface area contributed by atoms with Crippen molar-refractivity contribution in [2.24, 2.45) is 22.4 Å². The highest BCUT2D eigenvalue weighted by atomic mass is 32.2. The second-order valence-electron chi connectivity index (χ2n) is 8.61. The third-order valence-electron chi connectivity index (χ3n) is 6.40. The molecule has 1 amide bonds. The largest absolute Gasteiger partial charge is 0.496 e. The Kier molecular flexibility index (Phi) is 8.73. The predicted octanol–water partition coefficient (Wildman–Crippen LogP) is 2.20. The molecule has 1 aliphatic heterocycles. The van der Waals surface area contributed by atoms with Gasteiger partial charge in [0.25, 0.3) is 0 Å². The van der Waals surface area contributed by atoms with Gasteiger partial charge in [0.15, 0.2) is 5.96 Å². The fraction of sp³-hybridized carbons (Fsp3) is 0.500. The van der Waals surface area contributed by atoms with Crippen LogP contribution in [0.3, 0.4) is 0 Å². The highest BCUT2D eigenvalue weighted by Crippen LogP contribution is 2.31. The lowest BCUT2D eigenvalue weighted by Gasteiger charge is -2.34. The molecule has 0 bridgehead atoms. The molecule has 10 heteroatoms. The first-order chi connectivity index (χ1) is 16.3. The monoisotopic (exact) mass is 489 g/mol. The molecule has 3 rings (SSSR count). The SMILES string of the molecule is CCC1CCN(C(=O)C(CCCN=C(N)N)NS(=O)(=O)c2ccc(OC)c3ccccc23)CC1. The first-order valence-electron chi connectivity index (χ1n) is 11.7. The number of aliphatic imine (C=N–C) groups is 1. The van der Waals surface area contributed by atoms with Crippen molar-refractivity contribution < 1.29 is 17.9 Å². The Bertz CT molecular complexity index is 1120. The molecular weight excluding hydrogens is 454 g/mol. The van der Waals surface area contributed by atoms with Crippen LogP contribution in [0.15, 0.2) is 46.3 Å². The van der Waals surface area contributed by atoms with Crippen LogP contribution in [0.5, 0.6) is 5.75 Å². The summed E-state index contributed by atoms with van der Waals surface area (Å²) in [5.41, 5.74) is 10.8. The van der Waals surface area contributed by atoms with Gasteiger partial charge in [-0.05, 0) is 43.7 Å². The van der Waals surface area contributed by atoms with E-state index in [9.17, 15) is 13.2 Å². The lowest BCUT2D eigenvalue weighted by molar-refractivity contribution is -0.134. The number of sulfonamides is 1. The Labute approximate surface area is 201 Å². The number of benzene rings is 2. The minimum absolute atomic E-state index is 0.0326. The Hall–Kier alpha value is -2.85. The molecule has 0 radical (unpaired) electrons. The zero-order valence-corrected chi connectivity index (χ0v) is 20.7. The number of rotatable bonds is 10. The van der Waals surface area contributed by atoms with Gasteiger partial charge in [-0.25, -0.2) is 8.42 Å². The predicted molar refractivity (Wildman–Crippen MR) is 134 cm³/mol. The molecule has 34 heavy (non-hydrogen) atoms. The van der Waals surface area contributed by atoms with Crippen molar-refractivity contribution in [1.29, 1.82) is 0 Å². The second kappa shape index (κ2) is 11.5. The van der Waals surface area contributed by atoms with Crippen molar-refractivity contribution in [3.63, 3.8) is 0 Å². The number of fused-ring (bicyclic) bond motifs is 1. The van der Waals surface area contributed by atoms with Gasteiger partial charge in [-0.15, -0.1) is 0 Å². The summed E-state index contributed by atoms with van der Waals surface area (Å²) in [6.07, 6.45) is 3.70. The summed E-state index contributed by atoms with van der Waals surface area (Å²) >= 11 is 0. The molecule has 1 atom stereocenters. The van der Waals surface area contributed by atoms with Gasteiger partial charge >= 0.3 is 0 Å². The van der Waals surface area contributed by atoms with Crippen LogP contribution in [0.25, 0.3) is 10.8 Å². The standard InChI is InChI=1S/C24H35N5O4S/c1-3-17-12-15-29(16-13-17)23(30)20(9-6-14-27-24(25)26)28-34(31,32)22-11-10-21(33-2)18-7-4-5-8-19(18)22/h4-5,7-8,10-11,17,20,28H,3,6,9,12-16H2,1-2H3,(H4,25,26,27). The Morgan fingerprint density at radius 3 is 2.47 bits per heavy atom. The van der Waals surface area contributed by atoms with Crippen LogP contribution in [0, 0.1) is 5.92 Å². The smallest absolute Gasteiger partial charge is 0.241 e. The Morgan fingerprint density at radius 2 is 1.85 bits per heavy atom. The number of carbonyl (C=O) groups is 1. The number of nitrogens with one attached hydrogen (secondary N) is 1. The zero-order chi connectivity index (χ0) is 24.7. The maximum absolute atomic E-state index is 13.5. The van der Waals surface area contributed by atoms with Crippen LogP contribution >= 0.6 is 0 Å². The van der Waals surface area contributed by atoms with Crippen molar-refractivity contribution in [2.75, 3.05) is 26.7 Å². The molecule has 1 fully saturated rings. The van der Waals surface area contributed by atoms with Gasteiger partial charge in [-0.1, -0.05) is 37.6 Å². The fourth-order valence-electron chi connectivity index (χ4n) is 4.43. The fourth-order valence-corrected chi connectivity index (χ4v) is 5.86. The molecule has 0 saturated carbocycles. The first-order valence-corrected chi connectivity index (χ1v) is 13.2. The van der Waals surface area contributed by atoms with E-state index in [2.05, 4.69) is 16.6 Å². The summed E-state index contributed by atoms with van der Waals surface area (Å²) < 4.78 is 35.1. The number of nitrogens with two attached hydrogens (primary N) is 2. The van der Waals surface area contributed by atoms with E-state index in [0.717, 1.165) is 19.3 Å². The molecule has 0 aromatic heterocycles. The number of carbonyl (C=O) groups excluding carboxylic acids is 1. The van der Waals surface area contributed by atoms with Crippen LogP contribution in [-0.4, -0.2) is 58.0 Å². The van der Waals surface area contributed by atoms with E-state index in [1.165, 1.54) is 6.07 Å². The highest BCUT2D eigenvalue weighted by Gasteiger charge is 2.31. The number of hydrogen-bond acceptors (Lipinski definition) is 5. The normalized spacial score (nSPS) is 15.8. The molecule has 0 aliphatic carbocycles. The van der Waals surface area contributed by atoms with Crippen LogP contribution in [-0.2, 0) is 14.8 Å². The van der Waals surface area contributed by atoms with Crippen molar-refractivity contribution >= 4 is 32.7 Å². The quantitative estimate of drug-likeness (QED) is 0.265. The zero-order valence-electron chi connectivity index (χ0n) is 19.9. The highest BCUT2D eigenvalue weighted by molar-refractivity contribution is 7.89. The van der Waals surface area contributed by atoms with Gasteiger partial charge in [0, 0.05) is 30.4 Å². The summed E-state index contributed by atoms with van der Waals surface area (Å²) in [5.74, 6) is 0.945. The molecular formula is C24H35N5O4S. The van der Waals surface area contributed by atoms with Crippen molar-refractivity contribution in [3.8, 4) is 5.75 Å². The number of nitrogens with zero attached hydrogens (tertiary/aromatic N) is 2. The minimum atomic E-state index is -4.00. The number of hydrogen-bond donors (Lipinski definition) is 3. The summed E-state index contributed by atoms with van der Waals surface area (Å²) in [5, 5.41) is 1.22. The van der Waals surface area contributed by atoms with E-state index in [1.54, 1.807) is 30.2 Å². The molecule has 1 unspecified atom stereocenters. The average molecular weight is 490 g/mol. The average Bonchev–Trinajstić information content (AvgIpc) is 2.84. The van der Waals surface area contributed by atoms with Gasteiger partial charge in [-0.2, -0.15) is 4.72 Å². The third kappa shape index (κ3) is 6.18. The third-order valence-corrected chi connectivity index (χ3v) is 7.93. The minimum Gasteiger partial charge on any atom is -0.496 e. The molecule has 186 valence electrons. The van der Waals surface area contributed by atoms with Gasteiger partial charge in [0.05, 0.1) is 12.0 Å². The first kappa shape index (κ1) is 25.8. The lowest BCUT2D eigenvalue weighted by atomic mass is 9.94. The maximum atomic E-state index is 13.5. The molecule has 2 aromatic carbocycles. The molecule has 1 saturated heterocycles. The van der Waals surface area contributed by atoms with Crippen LogP contribution in [0.2, 0.25) is 0 Å². The van der Waals surface area contributed by atoms with E-state index < -0.39 is 16.1 Å². The van der Waals surface area contributed by atoms with Crippen molar-refractivity contribution in [3.05, 3.63) is 36.4 Å². The van der Waals surface area contributed by atoms with Gasteiger partial charge in [-0.3, -0.25) is 9.79 Å². The maximum Gasteiger partial charge on any atom is 0.241 e. The molecule has 1 aliphatic rings. The number of ether oxygens (including phenoxy) is 1. The Balaban J connectivity index is 1.86. The number of methoxy groups -OCH3 is 1. The Morgan fingerprint density at radius 1 is 1.18 bits per heavy atom. The molecule has 0 spiro atoms. The molecule has 1 heterocycles. The summed E-state index contributed by atoms with van der Waals surface area (Å²) in [6.45, 7) is 3.74. The van der Waals surface area contributed by atoms with E-state index >= 15 is 0 Å². The molecule has 5 N–H and O–H groups in total. The second-order valence-corrected chi connectivity index (χ2v) is 10.3. The summed E-state index contributed by atoms with van der Waals surface area (Å²) in [4.78, 5) is 19.2. The number of likely N-dealkylation sites (tertiary alicyclic amines) is 1. The topological polar surface area (TPSA) is 140 Å². The van der Waals surface area contributed by atoms with Gasteiger partial charge in [0.2, 0.25) is 15.9 Å². The lowest BCUT2D eigenvalue weighted by Crippen LogP contribution is -2.50. The van der Waals surface area contributed by atoms with Crippen molar-refractivity contribution in [2.45, 2.75) is 50.0 Å². The van der Waals surface area contributed by atoms with Gasteiger partial charge < -0.3 is 21.1 Å². The molecule has 2 aromatic rings. The number of piperidine rings is 1. The summed E-state index contributed by atoms with van der Waals surface area (Å²) in [6, 6.07) is 9.37. The summed E-state index contributed by atoms with van der Waals surface area (Å²) in [7, 11) is -2.46.